The van der Waals surface area contributed by atoms with Crippen LogP contribution in [0.4, 0.5) is 0 Å². The largest absolute Gasteiger partial charge is 0.0888 e. The number of allylic oxidation sites excluding steroid dienone is 4. The Labute approximate surface area is 124 Å². The molecule has 19 heavy (non-hydrogen) atoms. The van der Waals surface area contributed by atoms with Crippen LogP contribution in [0.1, 0.15) is 89.9 Å². The lowest BCUT2D eigenvalue weighted by Gasteiger charge is -2.14. The van der Waals surface area contributed by atoms with Crippen molar-refractivity contribution in [3.63, 3.8) is 0 Å². The van der Waals surface area contributed by atoms with Gasteiger partial charge in [0.1, 0.15) is 0 Å². The van der Waals surface area contributed by atoms with Gasteiger partial charge in [0.2, 0.25) is 0 Å². The summed E-state index contributed by atoms with van der Waals surface area (Å²) in [4.78, 5) is 0. The fourth-order valence-corrected chi connectivity index (χ4v) is 3.73. The fourth-order valence-electron chi connectivity index (χ4n) is 3.38. The molecule has 0 saturated heterocycles. The van der Waals surface area contributed by atoms with Crippen LogP contribution in [-0.4, -0.2) is 0 Å². The second-order valence-electron chi connectivity index (χ2n) is 6.19. The molecule has 0 aliphatic heterocycles. The van der Waals surface area contributed by atoms with Crippen molar-refractivity contribution in [1.29, 1.82) is 0 Å². The maximum Gasteiger partial charge on any atom is 0.0215 e. The average molecular weight is 281 g/mol. The lowest BCUT2D eigenvalue weighted by Crippen LogP contribution is -1.95. The Kier molecular flexibility index (Phi) is 7.06. The quantitative estimate of drug-likeness (QED) is 0.490. The fraction of sp³-hybridized carbons (Fsp3) is 0.778. The molecule has 0 radical (unpaired) electrons. The van der Waals surface area contributed by atoms with Gasteiger partial charge in [0.05, 0.1) is 0 Å². The first-order valence-corrected chi connectivity index (χ1v) is 8.82. The van der Waals surface area contributed by atoms with Crippen LogP contribution < -0.4 is 0 Å². The number of halogens is 1. The van der Waals surface area contributed by atoms with Gasteiger partial charge in [-0.3, -0.25) is 0 Å². The van der Waals surface area contributed by atoms with Gasteiger partial charge in [0, 0.05) is 5.03 Å². The molecule has 2 aliphatic rings. The first kappa shape index (κ1) is 15.2. The summed E-state index contributed by atoms with van der Waals surface area (Å²) in [5.41, 5.74) is 3.14. The van der Waals surface area contributed by atoms with Crippen LogP contribution in [0.2, 0.25) is 0 Å². The predicted octanol–water partition coefficient (Wildman–Crippen LogP) is 6.89. The van der Waals surface area contributed by atoms with Crippen LogP contribution >= 0.6 is 11.6 Å². The summed E-state index contributed by atoms with van der Waals surface area (Å²) in [5.74, 6) is 0. The second-order valence-corrected chi connectivity index (χ2v) is 6.64. The maximum absolute atomic E-state index is 6.64. The van der Waals surface area contributed by atoms with E-state index in [0.717, 1.165) is 6.42 Å². The van der Waals surface area contributed by atoms with E-state index in [2.05, 4.69) is 6.08 Å². The molecule has 0 unspecified atom stereocenters. The van der Waals surface area contributed by atoms with Gasteiger partial charge >= 0.3 is 0 Å². The SMILES string of the molecule is Cl/C1=C(\C2=CCCCCCCC2)CCCCCCC1. The first-order valence-electron chi connectivity index (χ1n) is 8.45. The molecule has 2 rings (SSSR count). The number of hydrogen-bond acceptors (Lipinski definition) is 0. The van der Waals surface area contributed by atoms with Crippen LogP contribution in [0.3, 0.4) is 0 Å². The van der Waals surface area contributed by atoms with Gasteiger partial charge in [0.25, 0.3) is 0 Å². The highest BCUT2D eigenvalue weighted by Crippen LogP contribution is 2.33. The molecule has 108 valence electrons. The topological polar surface area (TPSA) is 0 Å². The Morgan fingerprint density at radius 3 is 2.00 bits per heavy atom. The van der Waals surface area contributed by atoms with Gasteiger partial charge in [0.15, 0.2) is 0 Å². The van der Waals surface area contributed by atoms with Gasteiger partial charge in [-0.1, -0.05) is 56.2 Å². The summed E-state index contributed by atoms with van der Waals surface area (Å²) in [7, 11) is 0. The first-order chi connectivity index (χ1) is 9.38. The van der Waals surface area contributed by atoms with Crippen LogP contribution in [-0.2, 0) is 0 Å². The van der Waals surface area contributed by atoms with Gasteiger partial charge in [-0.05, 0) is 62.5 Å². The molecule has 0 N–H and O–H groups in total. The van der Waals surface area contributed by atoms with Crippen molar-refractivity contribution < 1.29 is 0 Å². The van der Waals surface area contributed by atoms with Crippen molar-refractivity contribution in [3.8, 4) is 0 Å². The van der Waals surface area contributed by atoms with Gasteiger partial charge in [-0.15, -0.1) is 0 Å². The van der Waals surface area contributed by atoms with E-state index < -0.39 is 0 Å². The molecule has 0 fully saturated rings. The van der Waals surface area contributed by atoms with Crippen molar-refractivity contribution in [2.45, 2.75) is 89.9 Å². The van der Waals surface area contributed by atoms with E-state index in [9.17, 15) is 0 Å². The standard InChI is InChI=1S/C18H29Cl/c19-18-15-11-7-3-6-10-14-17(18)16-12-8-4-1-2-5-9-13-16/h12H,1-11,13-15H2/b16-12?,18-17-. The lowest BCUT2D eigenvalue weighted by atomic mass is 9.94. The zero-order valence-corrected chi connectivity index (χ0v) is 13.1. The van der Waals surface area contributed by atoms with Crippen molar-refractivity contribution in [2.75, 3.05) is 0 Å². The third kappa shape index (κ3) is 5.34. The van der Waals surface area contributed by atoms with Crippen molar-refractivity contribution >= 4 is 11.6 Å². The molecule has 0 aromatic rings. The van der Waals surface area contributed by atoms with E-state index in [-0.39, 0.29) is 0 Å². The smallest absolute Gasteiger partial charge is 0.0215 e. The molecule has 0 bridgehead atoms. The normalized spacial score (nSPS) is 28.2. The Morgan fingerprint density at radius 2 is 1.21 bits per heavy atom. The average Bonchev–Trinajstić information content (AvgIpc) is 2.60. The van der Waals surface area contributed by atoms with Gasteiger partial charge in [-0.2, -0.15) is 0 Å². The van der Waals surface area contributed by atoms with E-state index in [4.69, 9.17) is 11.6 Å². The molecule has 1 heteroatoms. The molecule has 0 spiro atoms. The summed E-state index contributed by atoms with van der Waals surface area (Å²) >= 11 is 6.64. The van der Waals surface area contributed by atoms with E-state index in [0.29, 0.717) is 0 Å². The van der Waals surface area contributed by atoms with E-state index in [1.54, 1.807) is 5.57 Å². The molecular formula is C18H29Cl. The number of rotatable bonds is 1. The highest BCUT2D eigenvalue weighted by Gasteiger charge is 2.13. The maximum atomic E-state index is 6.64. The van der Waals surface area contributed by atoms with Crippen LogP contribution in [0.5, 0.6) is 0 Å². The summed E-state index contributed by atoms with van der Waals surface area (Å²) in [6.07, 6.45) is 21.1. The minimum Gasteiger partial charge on any atom is -0.0888 e. The highest BCUT2D eigenvalue weighted by atomic mass is 35.5. The van der Waals surface area contributed by atoms with Crippen molar-refractivity contribution in [1.82, 2.24) is 0 Å². The molecule has 2 aliphatic carbocycles. The summed E-state index contributed by atoms with van der Waals surface area (Å²) < 4.78 is 0. The minimum atomic E-state index is 1.12. The Morgan fingerprint density at radius 1 is 0.632 bits per heavy atom. The molecule has 0 saturated carbocycles. The molecule has 0 amide bonds. The Bertz CT molecular complexity index is 325. The second kappa shape index (κ2) is 8.84. The zero-order valence-electron chi connectivity index (χ0n) is 12.4. The van der Waals surface area contributed by atoms with Gasteiger partial charge < -0.3 is 0 Å². The van der Waals surface area contributed by atoms with Crippen LogP contribution in [0, 0.1) is 0 Å². The summed E-state index contributed by atoms with van der Waals surface area (Å²) in [6.45, 7) is 0. The monoisotopic (exact) mass is 280 g/mol. The summed E-state index contributed by atoms with van der Waals surface area (Å²) in [5, 5.41) is 1.19. The van der Waals surface area contributed by atoms with Crippen LogP contribution in [0.15, 0.2) is 22.3 Å². The molecular weight excluding hydrogens is 252 g/mol. The van der Waals surface area contributed by atoms with E-state index in [1.165, 1.54) is 94.1 Å². The van der Waals surface area contributed by atoms with Crippen molar-refractivity contribution in [3.05, 3.63) is 22.3 Å². The van der Waals surface area contributed by atoms with E-state index in [1.807, 2.05) is 0 Å². The van der Waals surface area contributed by atoms with Crippen LogP contribution in [0.25, 0.3) is 0 Å². The Hall–Kier alpha value is -0.230. The Balaban J connectivity index is 2.10. The van der Waals surface area contributed by atoms with Crippen molar-refractivity contribution in [2.24, 2.45) is 0 Å². The predicted molar refractivity (Wildman–Crippen MR) is 85.6 cm³/mol. The van der Waals surface area contributed by atoms with E-state index >= 15 is 0 Å². The zero-order chi connectivity index (χ0) is 13.3. The third-order valence-electron chi connectivity index (χ3n) is 4.58. The molecule has 0 aromatic heterocycles. The molecule has 0 atom stereocenters. The molecule has 0 aromatic carbocycles. The third-order valence-corrected chi connectivity index (χ3v) is 5.00. The molecule has 0 heterocycles. The molecule has 0 nitrogen and oxygen atoms in total. The highest BCUT2D eigenvalue weighted by molar-refractivity contribution is 6.30. The summed E-state index contributed by atoms with van der Waals surface area (Å²) in [6, 6.07) is 0. The van der Waals surface area contributed by atoms with Gasteiger partial charge in [-0.25, -0.2) is 0 Å². The lowest BCUT2D eigenvalue weighted by molar-refractivity contribution is 0.623. The number of hydrogen-bond donors (Lipinski definition) is 0. The minimum absolute atomic E-state index is 1.12.